The zero-order chi connectivity index (χ0) is 10.4. The van der Waals surface area contributed by atoms with Gasteiger partial charge in [0.05, 0.1) is 0 Å². The first kappa shape index (κ1) is 10.4. The SMILES string of the molecule is C=CC1=CC(OC(=O)C=[N+]=[N-])CCC1. The van der Waals surface area contributed by atoms with Crippen LogP contribution in [-0.4, -0.2) is 23.1 Å². The van der Waals surface area contributed by atoms with Crippen molar-refractivity contribution >= 4 is 12.2 Å². The number of rotatable bonds is 3. The number of nitrogens with zero attached hydrogens (tertiary/aromatic N) is 2. The summed E-state index contributed by atoms with van der Waals surface area (Å²) in [4.78, 5) is 13.5. The van der Waals surface area contributed by atoms with E-state index < -0.39 is 5.97 Å². The highest BCUT2D eigenvalue weighted by molar-refractivity contribution is 6.20. The van der Waals surface area contributed by atoms with E-state index in [2.05, 4.69) is 11.4 Å². The van der Waals surface area contributed by atoms with Crippen molar-refractivity contribution in [3.8, 4) is 0 Å². The van der Waals surface area contributed by atoms with E-state index in [9.17, 15) is 4.79 Å². The topological polar surface area (TPSA) is 62.7 Å². The standard InChI is InChI=1S/C10H12N2O2/c1-2-8-4-3-5-9(6-8)14-10(13)7-12-11/h2,6-7,9H,1,3-5H2. The van der Waals surface area contributed by atoms with Gasteiger partial charge in [-0.2, -0.15) is 4.79 Å². The lowest BCUT2D eigenvalue weighted by molar-refractivity contribution is -0.142. The van der Waals surface area contributed by atoms with Gasteiger partial charge in [-0.25, -0.2) is 4.79 Å². The van der Waals surface area contributed by atoms with Gasteiger partial charge in [0.2, 0.25) is 0 Å². The van der Waals surface area contributed by atoms with Crippen LogP contribution in [0.3, 0.4) is 0 Å². The number of ether oxygens (including phenoxy) is 1. The Kier molecular flexibility index (Phi) is 3.83. The van der Waals surface area contributed by atoms with Crippen molar-refractivity contribution in [2.24, 2.45) is 0 Å². The van der Waals surface area contributed by atoms with Crippen molar-refractivity contribution in [3.63, 3.8) is 0 Å². The molecular formula is C10H12N2O2. The van der Waals surface area contributed by atoms with Gasteiger partial charge in [0.1, 0.15) is 6.10 Å². The number of carbonyl (C=O) groups excluding carboxylic acids is 1. The van der Waals surface area contributed by atoms with E-state index in [1.807, 2.05) is 6.08 Å². The normalized spacial score (nSPS) is 20.3. The third-order valence-electron chi connectivity index (χ3n) is 2.05. The molecule has 0 bridgehead atoms. The first-order valence-corrected chi connectivity index (χ1v) is 4.47. The van der Waals surface area contributed by atoms with Crippen molar-refractivity contribution in [1.82, 2.24) is 0 Å². The summed E-state index contributed by atoms with van der Waals surface area (Å²) in [5, 5.41) is 0. The van der Waals surface area contributed by atoms with Crippen LogP contribution in [0.2, 0.25) is 0 Å². The summed E-state index contributed by atoms with van der Waals surface area (Å²) >= 11 is 0. The zero-order valence-corrected chi connectivity index (χ0v) is 7.85. The Morgan fingerprint density at radius 1 is 1.79 bits per heavy atom. The van der Waals surface area contributed by atoms with E-state index in [0.29, 0.717) is 0 Å². The quantitative estimate of drug-likeness (QED) is 0.294. The van der Waals surface area contributed by atoms with E-state index >= 15 is 0 Å². The number of hydrogen-bond acceptors (Lipinski definition) is 2. The number of esters is 1. The Bertz CT molecular complexity index is 314. The van der Waals surface area contributed by atoms with Crippen LogP contribution in [0.5, 0.6) is 0 Å². The third kappa shape index (κ3) is 2.99. The van der Waals surface area contributed by atoms with Crippen LogP contribution in [0, 0.1) is 0 Å². The van der Waals surface area contributed by atoms with Gasteiger partial charge in [0.15, 0.2) is 0 Å². The highest BCUT2D eigenvalue weighted by atomic mass is 16.5. The molecule has 0 amide bonds. The lowest BCUT2D eigenvalue weighted by Gasteiger charge is -2.18. The summed E-state index contributed by atoms with van der Waals surface area (Å²) in [6.07, 6.45) is 6.93. The molecule has 0 spiro atoms. The number of allylic oxidation sites excluding steroid dienone is 2. The Morgan fingerprint density at radius 2 is 2.57 bits per heavy atom. The highest BCUT2D eigenvalue weighted by Crippen LogP contribution is 2.20. The molecule has 0 radical (unpaired) electrons. The maximum absolute atomic E-state index is 10.9. The van der Waals surface area contributed by atoms with E-state index in [1.54, 1.807) is 6.08 Å². The minimum atomic E-state index is -0.626. The smallest absolute Gasteiger partial charge is 0.414 e. The van der Waals surface area contributed by atoms with E-state index in [-0.39, 0.29) is 6.10 Å². The van der Waals surface area contributed by atoms with Crippen LogP contribution in [0.4, 0.5) is 0 Å². The first-order valence-electron chi connectivity index (χ1n) is 4.47. The molecule has 1 aliphatic rings. The van der Waals surface area contributed by atoms with Crippen molar-refractivity contribution in [2.45, 2.75) is 25.4 Å². The Hall–Kier alpha value is -1.67. The molecule has 1 atom stereocenters. The van der Waals surface area contributed by atoms with Crippen molar-refractivity contribution < 1.29 is 14.3 Å². The summed E-state index contributed by atoms with van der Waals surface area (Å²) in [6, 6.07) is 0. The monoisotopic (exact) mass is 192 g/mol. The average molecular weight is 192 g/mol. The molecular weight excluding hydrogens is 180 g/mol. The second-order valence-electron chi connectivity index (χ2n) is 3.06. The van der Waals surface area contributed by atoms with Crippen molar-refractivity contribution in [2.75, 3.05) is 0 Å². The molecule has 4 nitrogen and oxygen atoms in total. The molecule has 1 aliphatic carbocycles. The van der Waals surface area contributed by atoms with Crippen LogP contribution in [0.25, 0.3) is 5.53 Å². The van der Waals surface area contributed by atoms with Gasteiger partial charge in [-0.3, -0.25) is 0 Å². The van der Waals surface area contributed by atoms with Gasteiger partial charge >= 0.3 is 12.2 Å². The van der Waals surface area contributed by atoms with Gasteiger partial charge in [-0.05, 0) is 30.9 Å². The predicted octanol–water partition coefficient (Wildman–Crippen LogP) is 1.50. The second-order valence-corrected chi connectivity index (χ2v) is 3.06. The molecule has 74 valence electrons. The van der Waals surface area contributed by atoms with Crippen LogP contribution in [-0.2, 0) is 9.53 Å². The van der Waals surface area contributed by atoms with Gasteiger partial charge in [0, 0.05) is 0 Å². The third-order valence-corrected chi connectivity index (χ3v) is 2.05. The molecule has 1 rings (SSSR count). The van der Waals surface area contributed by atoms with Crippen molar-refractivity contribution in [1.29, 1.82) is 0 Å². The van der Waals surface area contributed by atoms with E-state index in [0.717, 1.165) is 31.1 Å². The predicted molar refractivity (Wildman–Crippen MR) is 51.7 cm³/mol. The molecule has 0 fully saturated rings. The van der Waals surface area contributed by atoms with E-state index in [1.165, 1.54) is 0 Å². The lowest BCUT2D eigenvalue weighted by Crippen LogP contribution is -2.19. The zero-order valence-electron chi connectivity index (χ0n) is 7.85. The fraction of sp³-hybridized carbons (Fsp3) is 0.400. The molecule has 0 heterocycles. The summed E-state index contributed by atoms with van der Waals surface area (Å²) in [6.45, 7) is 3.66. The molecule has 0 aromatic heterocycles. The van der Waals surface area contributed by atoms with Crippen LogP contribution in [0.1, 0.15) is 19.3 Å². The molecule has 1 unspecified atom stereocenters. The Morgan fingerprint density at radius 3 is 3.21 bits per heavy atom. The number of carbonyl (C=O) groups is 1. The minimum Gasteiger partial charge on any atom is -0.450 e. The summed E-state index contributed by atoms with van der Waals surface area (Å²) < 4.78 is 4.99. The van der Waals surface area contributed by atoms with Gasteiger partial charge < -0.3 is 10.3 Å². The lowest BCUT2D eigenvalue weighted by atomic mass is 9.97. The van der Waals surface area contributed by atoms with Crippen LogP contribution >= 0.6 is 0 Å². The maximum atomic E-state index is 10.9. The molecule has 0 N–H and O–H groups in total. The molecule has 0 saturated heterocycles. The highest BCUT2D eigenvalue weighted by Gasteiger charge is 2.16. The van der Waals surface area contributed by atoms with Crippen LogP contribution < -0.4 is 0 Å². The van der Waals surface area contributed by atoms with E-state index in [4.69, 9.17) is 10.3 Å². The molecule has 0 aliphatic heterocycles. The maximum Gasteiger partial charge on any atom is 0.414 e. The number of hydrogen-bond donors (Lipinski definition) is 0. The van der Waals surface area contributed by atoms with Gasteiger partial charge in [0.25, 0.3) is 0 Å². The molecule has 14 heavy (non-hydrogen) atoms. The summed E-state index contributed by atoms with van der Waals surface area (Å²) in [7, 11) is 0. The summed E-state index contributed by atoms with van der Waals surface area (Å²) in [5.74, 6) is -0.626. The molecule has 0 aromatic carbocycles. The first-order chi connectivity index (χ1) is 6.76. The molecule has 0 aromatic rings. The average Bonchev–Trinajstić information content (AvgIpc) is 2.18. The minimum absolute atomic E-state index is 0.220. The van der Waals surface area contributed by atoms with Crippen LogP contribution in [0.15, 0.2) is 24.3 Å². The molecule has 0 saturated carbocycles. The fourth-order valence-electron chi connectivity index (χ4n) is 1.40. The van der Waals surface area contributed by atoms with Gasteiger partial charge in [-0.1, -0.05) is 12.7 Å². The second kappa shape index (κ2) is 5.14. The van der Waals surface area contributed by atoms with Crippen molar-refractivity contribution in [3.05, 3.63) is 29.8 Å². The largest absolute Gasteiger partial charge is 0.450 e. The fourth-order valence-corrected chi connectivity index (χ4v) is 1.40. The Labute approximate surface area is 82.5 Å². The molecule has 4 heteroatoms. The van der Waals surface area contributed by atoms with Gasteiger partial charge in [-0.15, -0.1) is 0 Å². The summed E-state index contributed by atoms with van der Waals surface area (Å²) in [5.41, 5.74) is 9.19. The Balaban J connectivity index is 2.56.